The van der Waals surface area contributed by atoms with Crippen molar-refractivity contribution in [3.8, 4) is 0 Å². The summed E-state index contributed by atoms with van der Waals surface area (Å²) >= 11 is 0. The molecule has 0 heterocycles. The van der Waals surface area contributed by atoms with Gasteiger partial charge in [-0.1, -0.05) is 38.8 Å². The zero-order chi connectivity index (χ0) is 16.5. The maximum Gasteiger partial charge on any atom is 0.189 e. The third-order valence-corrected chi connectivity index (χ3v) is 4.44. The van der Waals surface area contributed by atoms with Gasteiger partial charge >= 0.3 is 0 Å². The van der Waals surface area contributed by atoms with Crippen molar-refractivity contribution < 1.29 is 4.21 Å². The smallest absolute Gasteiger partial charge is 0.189 e. The van der Waals surface area contributed by atoms with Gasteiger partial charge < -0.3 is 11.1 Å². The highest BCUT2D eigenvalue weighted by atomic mass is 32.2. The molecular formula is C17H29N3OS. The normalized spacial score (nSPS) is 14.9. The maximum absolute atomic E-state index is 11.3. The van der Waals surface area contributed by atoms with Gasteiger partial charge in [0.05, 0.1) is 6.54 Å². The van der Waals surface area contributed by atoms with E-state index >= 15 is 0 Å². The molecule has 2 unspecified atom stereocenters. The lowest BCUT2D eigenvalue weighted by atomic mass is 10.0. The predicted octanol–water partition coefficient (Wildman–Crippen LogP) is 3.04. The molecule has 124 valence electrons. The SMILES string of the molecule is CC(C)CCCC(C)NC(N)=NCc1ccc(S(C)=O)cc1. The Morgan fingerprint density at radius 1 is 1.23 bits per heavy atom. The largest absolute Gasteiger partial charge is 0.370 e. The molecule has 4 nitrogen and oxygen atoms in total. The quantitative estimate of drug-likeness (QED) is 0.571. The van der Waals surface area contributed by atoms with Crippen LogP contribution in [0, 0.1) is 5.92 Å². The van der Waals surface area contributed by atoms with Crippen molar-refractivity contribution in [2.75, 3.05) is 6.26 Å². The van der Waals surface area contributed by atoms with E-state index in [4.69, 9.17) is 5.73 Å². The highest BCUT2D eigenvalue weighted by Gasteiger charge is 2.04. The second-order valence-electron chi connectivity index (χ2n) is 6.17. The van der Waals surface area contributed by atoms with Crippen LogP contribution in [0.1, 0.15) is 45.6 Å². The van der Waals surface area contributed by atoms with Gasteiger partial charge in [-0.2, -0.15) is 0 Å². The number of nitrogens with zero attached hydrogens (tertiary/aromatic N) is 1. The number of aliphatic imine (C=N–C) groups is 1. The van der Waals surface area contributed by atoms with Crippen molar-refractivity contribution in [1.29, 1.82) is 0 Å². The zero-order valence-electron chi connectivity index (χ0n) is 14.1. The van der Waals surface area contributed by atoms with Crippen LogP contribution in [0.3, 0.4) is 0 Å². The Balaban J connectivity index is 2.40. The number of rotatable bonds is 8. The van der Waals surface area contributed by atoms with Gasteiger partial charge in [0.1, 0.15) is 0 Å². The second kappa shape index (κ2) is 9.62. The highest BCUT2D eigenvalue weighted by Crippen LogP contribution is 2.09. The van der Waals surface area contributed by atoms with Gasteiger partial charge in [-0.3, -0.25) is 4.21 Å². The Morgan fingerprint density at radius 3 is 2.41 bits per heavy atom. The molecule has 1 aromatic rings. The van der Waals surface area contributed by atoms with E-state index in [1.54, 1.807) is 6.26 Å². The molecule has 0 amide bonds. The molecule has 3 N–H and O–H groups in total. The standard InChI is InChI=1S/C17H29N3OS/c1-13(2)6-5-7-14(3)20-17(18)19-12-15-8-10-16(11-9-15)22(4)21/h8-11,13-14H,5-7,12H2,1-4H3,(H3,18,19,20). The van der Waals surface area contributed by atoms with E-state index in [-0.39, 0.29) is 0 Å². The van der Waals surface area contributed by atoms with Gasteiger partial charge in [-0.05, 0) is 37.0 Å². The molecule has 1 rings (SSSR count). The molecule has 0 aliphatic heterocycles. The highest BCUT2D eigenvalue weighted by molar-refractivity contribution is 7.84. The fraction of sp³-hybridized carbons (Fsp3) is 0.588. The first kappa shape index (κ1) is 18.7. The molecule has 5 heteroatoms. The first-order chi connectivity index (χ1) is 10.4. The molecule has 0 fully saturated rings. The number of nitrogens with two attached hydrogens (primary N) is 1. The third kappa shape index (κ3) is 7.59. The molecule has 0 spiro atoms. The molecule has 0 aromatic heterocycles. The lowest BCUT2D eigenvalue weighted by Gasteiger charge is -2.15. The lowest BCUT2D eigenvalue weighted by Crippen LogP contribution is -2.38. The van der Waals surface area contributed by atoms with Crippen molar-refractivity contribution in [3.63, 3.8) is 0 Å². The van der Waals surface area contributed by atoms with Crippen molar-refractivity contribution in [1.82, 2.24) is 5.32 Å². The molecule has 22 heavy (non-hydrogen) atoms. The van der Waals surface area contributed by atoms with Gasteiger partial charge in [-0.25, -0.2) is 4.99 Å². The third-order valence-electron chi connectivity index (χ3n) is 3.50. The molecule has 0 bridgehead atoms. The first-order valence-electron chi connectivity index (χ1n) is 7.87. The Hall–Kier alpha value is -1.36. The molecule has 2 atom stereocenters. The number of guanidine groups is 1. The van der Waals surface area contributed by atoms with E-state index in [0.29, 0.717) is 18.5 Å². The molecule has 0 saturated carbocycles. The molecule has 0 radical (unpaired) electrons. The fourth-order valence-electron chi connectivity index (χ4n) is 2.17. The molecule has 0 aliphatic carbocycles. The van der Waals surface area contributed by atoms with Gasteiger partial charge in [0.2, 0.25) is 0 Å². The summed E-state index contributed by atoms with van der Waals surface area (Å²) < 4.78 is 11.3. The zero-order valence-corrected chi connectivity index (χ0v) is 15.0. The summed E-state index contributed by atoms with van der Waals surface area (Å²) in [6.07, 6.45) is 5.23. The van der Waals surface area contributed by atoms with Crippen LogP contribution >= 0.6 is 0 Å². The van der Waals surface area contributed by atoms with E-state index in [1.807, 2.05) is 24.3 Å². The summed E-state index contributed by atoms with van der Waals surface area (Å²) in [6.45, 7) is 7.16. The van der Waals surface area contributed by atoms with Gasteiger partial charge in [0.25, 0.3) is 0 Å². The fourth-order valence-corrected chi connectivity index (χ4v) is 2.68. The van der Waals surface area contributed by atoms with Crippen molar-refractivity contribution in [2.24, 2.45) is 16.6 Å². The van der Waals surface area contributed by atoms with E-state index in [9.17, 15) is 4.21 Å². The van der Waals surface area contributed by atoms with Crippen LogP contribution in [0.4, 0.5) is 0 Å². The average Bonchev–Trinajstić information content (AvgIpc) is 2.45. The van der Waals surface area contributed by atoms with Crippen LogP contribution in [0.15, 0.2) is 34.2 Å². The summed E-state index contributed by atoms with van der Waals surface area (Å²) in [7, 11) is -0.938. The number of nitrogens with one attached hydrogen (secondary N) is 1. The Kier molecular flexibility index (Phi) is 8.17. The van der Waals surface area contributed by atoms with Crippen LogP contribution in [-0.2, 0) is 17.3 Å². The molecule has 0 saturated heterocycles. The predicted molar refractivity (Wildman–Crippen MR) is 95.4 cm³/mol. The van der Waals surface area contributed by atoms with Crippen molar-refractivity contribution in [3.05, 3.63) is 29.8 Å². The van der Waals surface area contributed by atoms with Crippen LogP contribution < -0.4 is 11.1 Å². The Morgan fingerprint density at radius 2 is 1.86 bits per heavy atom. The van der Waals surface area contributed by atoms with E-state index in [2.05, 4.69) is 31.1 Å². The monoisotopic (exact) mass is 323 g/mol. The first-order valence-corrected chi connectivity index (χ1v) is 9.43. The number of hydrogen-bond acceptors (Lipinski definition) is 2. The van der Waals surface area contributed by atoms with E-state index < -0.39 is 10.8 Å². The van der Waals surface area contributed by atoms with Gasteiger partial charge in [-0.15, -0.1) is 0 Å². The average molecular weight is 324 g/mol. The van der Waals surface area contributed by atoms with Crippen LogP contribution in [0.25, 0.3) is 0 Å². The van der Waals surface area contributed by atoms with E-state index in [1.165, 1.54) is 12.8 Å². The van der Waals surface area contributed by atoms with Gasteiger partial charge in [0.15, 0.2) is 5.96 Å². The summed E-state index contributed by atoms with van der Waals surface area (Å²) in [5.74, 6) is 1.24. The van der Waals surface area contributed by atoms with Crippen molar-refractivity contribution >= 4 is 16.8 Å². The number of hydrogen-bond donors (Lipinski definition) is 2. The van der Waals surface area contributed by atoms with Crippen LogP contribution in [0.2, 0.25) is 0 Å². The Labute approximate surface area is 137 Å². The van der Waals surface area contributed by atoms with Gasteiger partial charge in [0, 0.05) is 28.0 Å². The maximum atomic E-state index is 11.3. The summed E-state index contributed by atoms with van der Waals surface area (Å²) in [5.41, 5.74) is 6.98. The Bertz CT molecular complexity index is 497. The lowest BCUT2D eigenvalue weighted by molar-refractivity contribution is 0.493. The summed E-state index contributed by atoms with van der Waals surface area (Å²) in [5, 5.41) is 3.23. The van der Waals surface area contributed by atoms with Crippen molar-refractivity contribution in [2.45, 2.75) is 57.5 Å². The minimum Gasteiger partial charge on any atom is -0.370 e. The molecular weight excluding hydrogens is 294 g/mol. The van der Waals surface area contributed by atoms with E-state index in [0.717, 1.165) is 22.8 Å². The molecule has 1 aromatic carbocycles. The number of benzene rings is 1. The second-order valence-corrected chi connectivity index (χ2v) is 7.55. The van der Waals surface area contributed by atoms with Crippen LogP contribution in [0.5, 0.6) is 0 Å². The molecule has 0 aliphatic rings. The van der Waals surface area contributed by atoms with Crippen LogP contribution in [-0.4, -0.2) is 22.5 Å². The minimum absolute atomic E-state index is 0.340. The topological polar surface area (TPSA) is 67.5 Å². The summed E-state index contributed by atoms with van der Waals surface area (Å²) in [4.78, 5) is 5.19. The minimum atomic E-state index is -0.938. The summed E-state index contributed by atoms with van der Waals surface area (Å²) in [6, 6.07) is 7.98.